The molecule has 0 spiro atoms. The molecule has 9 heteroatoms. The summed E-state index contributed by atoms with van der Waals surface area (Å²) in [6.07, 6.45) is 1.29. The van der Waals surface area contributed by atoms with Gasteiger partial charge in [-0.3, -0.25) is 10.1 Å². The number of rotatable bonds is 5. The molecule has 0 bridgehead atoms. The van der Waals surface area contributed by atoms with Gasteiger partial charge in [-0.05, 0) is 34.1 Å². The van der Waals surface area contributed by atoms with Crippen LogP contribution in [0.5, 0.6) is 0 Å². The van der Waals surface area contributed by atoms with Gasteiger partial charge in [0.2, 0.25) is 0 Å². The molecule has 1 aliphatic carbocycles. The van der Waals surface area contributed by atoms with Crippen molar-refractivity contribution in [3.63, 3.8) is 0 Å². The number of aliphatic carboxylic acids is 1. The van der Waals surface area contributed by atoms with E-state index in [1.54, 1.807) is 0 Å². The number of hydrogen-bond acceptors (Lipinski definition) is 6. The number of fused-ring (bicyclic) bond motifs is 3. The van der Waals surface area contributed by atoms with Crippen molar-refractivity contribution in [1.82, 2.24) is 9.88 Å². The first-order valence-electron chi connectivity index (χ1n) is 11.4. The van der Waals surface area contributed by atoms with Gasteiger partial charge >= 0.3 is 12.1 Å². The highest BCUT2D eigenvalue weighted by Gasteiger charge is 2.47. The third kappa shape index (κ3) is 4.16. The maximum Gasteiger partial charge on any atom is 0.413 e. The summed E-state index contributed by atoms with van der Waals surface area (Å²) in [4.78, 5) is 43.0. The summed E-state index contributed by atoms with van der Waals surface area (Å²) in [6.45, 7) is 4.21. The van der Waals surface area contributed by atoms with Gasteiger partial charge in [0.05, 0.1) is 6.20 Å². The van der Waals surface area contributed by atoms with Crippen LogP contribution in [0.3, 0.4) is 0 Å². The lowest BCUT2D eigenvalue weighted by Crippen LogP contribution is -2.45. The largest absolute Gasteiger partial charge is 0.480 e. The average Bonchev–Trinajstić information content (AvgIpc) is 3.51. The zero-order valence-corrected chi connectivity index (χ0v) is 20.2. The Balaban J connectivity index is 1.24. The van der Waals surface area contributed by atoms with Crippen LogP contribution in [0.15, 0.2) is 54.7 Å². The van der Waals surface area contributed by atoms with Gasteiger partial charge in [0.1, 0.15) is 17.5 Å². The van der Waals surface area contributed by atoms with Gasteiger partial charge in [0, 0.05) is 12.5 Å². The van der Waals surface area contributed by atoms with Gasteiger partial charge in [-0.25, -0.2) is 14.6 Å². The van der Waals surface area contributed by atoms with Crippen molar-refractivity contribution in [3.05, 3.63) is 70.7 Å². The van der Waals surface area contributed by atoms with Crippen molar-refractivity contribution in [2.45, 2.75) is 32.2 Å². The van der Waals surface area contributed by atoms with Crippen LogP contribution in [0.25, 0.3) is 11.1 Å². The molecule has 0 radical (unpaired) electrons. The Bertz CT molecular complexity index is 1270. The Morgan fingerprint density at radius 1 is 1.11 bits per heavy atom. The number of nitrogens with one attached hydrogen (secondary N) is 1. The van der Waals surface area contributed by atoms with Crippen LogP contribution in [-0.4, -0.2) is 52.2 Å². The Morgan fingerprint density at radius 3 is 2.37 bits per heavy atom. The Labute approximate surface area is 206 Å². The number of likely N-dealkylation sites (tertiary alicyclic amines) is 1. The molecule has 2 N–H and O–H groups in total. The van der Waals surface area contributed by atoms with Crippen LogP contribution in [0.2, 0.25) is 0 Å². The summed E-state index contributed by atoms with van der Waals surface area (Å²) < 4.78 is 5.53. The number of carbonyl (C=O) groups excluding carboxylic acids is 2. The van der Waals surface area contributed by atoms with Crippen molar-refractivity contribution < 1.29 is 24.2 Å². The molecule has 2 amide bonds. The molecule has 1 saturated heterocycles. The molecule has 180 valence electrons. The van der Waals surface area contributed by atoms with E-state index in [2.05, 4.69) is 22.4 Å². The Hall–Kier alpha value is -3.72. The van der Waals surface area contributed by atoms with E-state index in [1.165, 1.54) is 11.1 Å². The molecule has 2 aliphatic rings. The SMILES string of the molecule is CC1(C)CCN(C(=O)c2cnc(NC(=O)OCC3c4ccccc4-c4ccccc43)s2)C1C(=O)O. The van der Waals surface area contributed by atoms with Crippen LogP contribution in [-0.2, 0) is 9.53 Å². The fraction of sp³-hybridized carbons (Fsp3) is 0.308. The fourth-order valence-electron chi connectivity index (χ4n) is 5.08. The standard InChI is InChI=1S/C26H25N3O5S/c1-26(2)11-12-29(21(26)23(31)32)22(30)20-13-27-24(35-20)28-25(33)34-14-19-17-9-5-3-7-15(17)16-8-4-6-10-18(16)19/h3-10,13,19,21H,11-12,14H2,1-2H3,(H,31,32)(H,27,28,33). The number of ether oxygens (including phenoxy) is 1. The number of thiazole rings is 1. The van der Waals surface area contributed by atoms with Crippen molar-refractivity contribution >= 4 is 34.4 Å². The normalized spacial score (nSPS) is 18.1. The maximum atomic E-state index is 13.0. The summed E-state index contributed by atoms with van der Waals surface area (Å²) in [5, 5.41) is 12.4. The van der Waals surface area contributed by atoms with E-state index in [0.717, 1.165) is 33.6 Å². The van der Waals surface area contributed by atoms with E-state index in [-0.39, 0.29) is 22.5 Å². The molecule has 0 saturated carbocycles. The molecule has 3 aromatic rings. The molecule has 35 heavy (non-hydrogen) atoms. The molecule has 2 aromatic carbocycles. The first kappa shape index (κ1) is 23.0. The van der Waals surface area contributed by atoms with Gasteiger partial charge in [0.15, 0.2) is 5.13 Å². The molecular formula is C26H25N3O5S. The molecule has 1 aliphatic heterocycles. The fourth-order valence-corrected chi connectivity index (χ4v) is 5.83. The number of hydrogen-bond donors (Lipinski definition) is 2. The lowest BCUT2D eigenvalue weighted by molar-refractivity contribution is -0.144. The lowest BCUT2D eigenvalue weighted by atomic mass is 9.85. The molecule has 2 heterocycles. The smallest absolute Gasteiger partial charge is 0.413 e. The third-order valence-electron chi connectivity index (χ3n) is 6.81. The van der Waals surface area contributed by atoms with E-state index in [0.29, 0.717) is 13.0 Å². The minimum Gasteiger partial charge on any atom is -0.480 e. The van der Waals surface area contributed by atoms with Gasteiger partial charge in [0.25, 0.3) is 5.91 Å². The predicted octanol–water partition coefficient (Wildman–Crippen LogP) is 4.83. The van der Waals surface area contributed by atoms with Crippen molar-refractivity contribution in [1.29, 1.82) is 0 Å². The number of carboxylic acid groups (broad SMARTS) is 1. The Kier molecular flexibility index (Phi) is 5.80. The van der Waals surface area contributed by atoms with Crippen LogP contribution >= 0.6 is 11.3 Å². The first-order valence-corrected chi connectivity index (χ1v) is 12.2. The average molecular weight is 492 g/mol. The number of nitrogens with zero attached hydrogens (tertiary/aromatic N) is 2. The zero-order chi connectivity index (χ0) is 24.7. The van der Waals surface area contributed by atoms with Gasteiger partial charge < -0.3 is 14.7 Å². The number of carbonyl (C=O) groups is 3. The molecule has 1 unspecified atom stereocenters. The van der Waals surface area contributed by atoms with E-state index >= 15 is 0 Å². The Morgan fingerprint density at radius 2 is 1.74 bits per heavy atom. The third-order valence-corrected chi connectivity index (χ3v) is 7.71. The second kappa shape index (κ2) is 8.81. The van der Waals surface area contributed by atoms with Crippen molar-refractivity contribution in [2.75, 3.05) is 18.5 Å². The summed E-state index contributed by atoms with van der Waals surface area (Å²) in [5.74, 6) is -1.49. The zero-order valence-electron chi connectivity index (χ0n) is 19.4. The molecule has 1 atom stereocenters. The number of aromatic nitrogens is 1. The molecule has 5 rings (SSSR count). The van der Waals surface area contributed by atoms with Gasteiger partial charge in [-0.1, -0.05) is 73.7 Å². The molecule has 1 fully saturated rings. The van der Waals surface area contributed by atoms with Crippen molar-refractivity contribution in [2.24, 2.45) is 5.41 Å². The topological polar surface area (TPSA) is 109 Å². The van der Waals surface area contributed by atoms with Crippen LogP contribution < -0.4 is 5.32 Å². The quantitative estimate of drug-likeness (QED) is 0.529. The highest BCUT2D eigenvalue weighted by atomic mass is 32.1. The predicted molar refractivity (Wildman–Crippen MR) is 132 cm³/mol. The number of carboxylic acids is 1. The number of amides is 2. The number of anilines is 1. The highest BCUT2D eigenvalue weighted by Crippen LogP contribution is 2.44. The van der Waals surface area contributed by atoms with Gasteiger partial charge in [-0.2, -0.15) is 0 Å². The number of benzene rings is 2. The molecule has 1 aromatic heterocycles. The summed E-state index contributed by atoms with van der Waals surface area (Å²) in [7, 11) is 0. The van der Waals surface area contributed by atoms with E-state index < -0.39 is 29.4 Å². The highest BCUT2D eigenvalue weighted by molar-refractivity contribution is 7.17. The van der Waals surface area contributed by atoms with E-state index in [1.807, 2.05) is 50.2 Å². The van der Waals surface area contributed by atoms with Crippen LogP contribution in [0.4, 0.5) is 9.93 Å². The minimum absolute atomic E-state index is 0.0620. The summed E-state index contributed by atoms with van der Waals surface area (Å²) >= 11 is 0.998. The van der Waals surface area contributed by atoms with E-state index in [4.69, 9.17) is 4.74 Å². The second-order valence-corrected chi connectivity index (χ2v) is 10.5. The molecular weight excluding hydrogens is 466 g/mol. The minimum atomic E-state index is -1.03. The van der Waals surface area contributed by atoms with Crippen LogP contribution in [0, 0.1) is 5.41 Å². The maximum absolute atomic E-state index is 13.0. The second-order valence-electron chi connectivity index (χ2n) is 9.46. The van der Waals surface area contributed by atoms with Crippen LogP contribution in [0.1, 0.15) is 47.0 Å². The van der Waals surface area contributed by atoms with Crippen molar-refractivity contribution in [3.8, 4) is 11.1 Å². The van der Waals surface area contributed by atoms with Gasteiger partial charge in [-0.15, -0.1) is 0 Å². The lowest BCUT2D eigenvalue weighted by Gasteiger charge is -2.28. The summed E-state index contributed by atoms with van der Waals surface area (Å²) in [6, 6.07) is 15.3. The summed E-state index contributed by atoms with van der Waals surface area (Å²) in [5.41, 5.74) is 4.00. The monoisotopic (exact) mass is 491 g/mol. The van der Waals surface area contributed by atoms with E-state index in [9.17, 15) is 19.5 Å². The molecule has 8 nitrogen and oxygen atoms in total. The first-order chi connectivity index (χ1) is 16.8.